The van der Waals surface area contributed by atoms with Crippen LogP contribution in [0.15, 0.2) is 54.6 Å². The van der Waals surface area contributed by atoms with E-state index < -0.39 is 68.5 Å². The first-order valence-corrected chi connectivity index (χ1v) is 24.9. The molecule has 4 saturated carbocycles. The molecule has 9 rings (SSSR count). The van der Waals surface area contributed by atoms with Gasteiger partial charge in [0.15, 0.2) is 11.6 Å². The lowest BCUT2D eigenvalue weighted by atomic mass is 9.83. The highest BCUT2D eigenvalue weighted by Crippen LogP contribution is 2.57. The van der Waals surface area contributed by atoms with Gasteiger partial charge < -0.3 is 34.5 Å². The Morgan fingerprint density at radius 3 is 2.44 bits per heavy atom. The number of hydrogen-bond acceptors (Lipinski definition) is 11. The minimum Gasteiger partial charge on any atom is -0.497 e. The van der Waals surface area contributed by atoms with Gasteiger partial charge in [-0.15, -0.1) is 0 Å². The molecule has 2 aliphatic heterocycles. The van der Waals surface area contributed by atoms with E-state index in [0.717, 1.165) is 19.3 Å². The number of benzene rings is 2. The predicted molar refractivity (Wildman–Crippen MR) is 242 cm³/mol. The van der Waals surface area contributed by atoms with E-state index in [9.17, 15) is 22.8 Å². The van der Waals surface area contributed by atoms with Crippen LogP contribution in [0.4, 0.5) is 9.18 Å². The van der Waals surface area contributed by atoms with Gasteiger partial charge in [-0.2, -0.15) is 0 Å². The lowest BCUT2D eigenvalue weighted by Crippen LogP contribution is -2.57. The Morgan fingerprint density at radius 2 is 1.73 bits per heavy atom. The van der Waals surface area contributed by atoms with Crippen molar-refractivity contribution in [1.82, 2.24) is 25.2 Å². The number of nitrogens with one attached hydrogen (secondary N) is 3. The molecule has 66 heavy (non-hydrogen) atoms. The molecule has 17 heteroatoms. The van der Waals surface area contributed by atoms with E-state index in [2.05, 4.69) is 29.2 Å². The topological polar surface area (TPSA) is 192 Å². The van der Waals surface area contributed by atoms with E-state index in [1.165, 1.54) is 24.1 Å². The molecule has 15 nitrogen and oxygen atoms in total. The first-order chi connectivity index (χ1) is 31.6. The van der Waals surface area contributed by atoms with Crippen molar-refractivity contribution in [2.24, 2.45) is 41.4 Å². The third-order valence-electron chi connectivity index (χ3n) is 15.1. The summed E-state index contributed by atoms with van der Waals surface area (Å²) in [4.78, 5) is 63.6. The summed E-state index contributed by atoms with van der Waals surface area (Å²) in [7, 11) is -1.01. The monoisotopic (exact) mass is 929 g/mol. The van der Waals surface area contributed by atoms with Crippen LogP contribution in [0.3, 0.4) is 0 Å². The second-order valence-corrected chi connectivity index (χ2v) is 21.6. The van der Waals surface area contributed by atoms with Crippen molar-refractivity contribution in [3.8, 4) is 28.6 Å². The molecule has 0 bridgehead atoms. The number of allylic oxidation sites excluding steroid dienone is 1. The summed E-state index contributed by atoms with van der Waals surface area (Å²) in [5.41, 5.74) is -0.709. The van der Waals surface area contributed by atoms with Gasteiger partial charge in [-0.1, -0.05) is 32.9 Å². The Balaban J connectivity index is 1.04. The van der Waals surface area contributed by atoms with Gasteiger partial charge in [-0.3, -0.25) is 19.1 Å². The molecule has 1 saturated heterocycles. The number of halogens is 1. The number of carbonyl (C=O) groups excluding carboxylic acids is 4. The molecular formula is C49H60FN5O10S. The SMILES string of the molecule is COc1ccc2c(O[C@@H]3C[C@H]4C(=O)N[C@]5(C(=O)NS(=O)(=O)C6CC6)C[C@H]5/C=C\CC[C@@H](C)C[C@@H](C)C(CNC(=O)OC5C[C@@H]6C(C)[C@@H]6C5)C(=O)N4C3)nc(-c3ccc(OC)c(F)c3)cc2c1. The number of rotatable bonds is 11. The maximum atomic E-state index is 15.2. The van der Waals surface area contributed by atoms with Gasteiger partial charge in [0, 0.05) is 29.8 Å². The lowest BCUT2D eigenvalue weighted by molar-refractivity contribution is -0.143. The van der Waals surface area contributed by atoms with Crippen LogP contribution in [0.25, 0.3) is 22.0 Å². The van der Waals surface area contributed by atoms with Gasteiger partial charge >= 0.3 is 6.09 Å². The molecule has 11 atom stereocenters. The molecular weight excluding hydrogens is 870 g/mol. The highest BCUT2D eigenvalue weighted by Gasteiger charge is 2.62. The van der Waals surface area contributed by atoms with Crippen LogP contribution in [-0.4, -0.2) is 98.5 Å². The first kappa shape index (κ1) is 45.7. The standard InChI is InChI=1S/C49H60FN5O10S/c1-26-8-6-7-9-31-23-49(31,47(58)54-66(60,61)35-12-13-35)53-44(56)42-22-34(25-55(42)46(57)39(27(2)16-26)24-51-48(59)65-33-20-37-28(3)38(37)21-33)64-45-36-14-11-32(62-4)17-30(36)19-41(52-45)29-10-15-43(63-5)40(50)18-29/h7,9-11,14-15,17-19,26-28,31,33-35,37-39,42H,6,8,12-13,16,20-25H2,1-5H3,(H,51,59)(H,53,56)(H,54,58)/b9-7-/t26-,27-,28?,31-,33?,34-,37-,38+,39?,42+,49-/m1/s1. The van der Waals surface area contributed by atoms with Crippen molar-refractivity contribution < 1.29 is 50.9 Å². The normalized spacial score (nSPS) is 32.4. The Hall–Kier alpha value is -5.45. The van der Waals surface area contributed by atoms with Crippen LogP contribution in [0, 0.1) is 47.2 Å². The Kier molecular flexibility index (Phi) is 12.4. The Morgan fingerprint density at radius 1 is 0.955 bits per heavy atom. The molecule has 3 unspecified atom stereocenters. The minimum atomic E-state index is -3.94. The van der Waals surface area contributed by atoms with Crippen molar-refractivity contribution in [3.05, 3.63) is 60.4 Å². The van der Waals surface area contributed by atoms with Gasteiger partial charge in [0.25, 0.3) is 5.91 Å². The molecule has 0 radical (unpaired) electrons. The number of amides is 4. The number of sulfonamides is 1. The second-order valence-electron chi connectivity index (χ2n) is 19.7. The van der Waals surface area contributed by atoms with Gasteiger partial charge in [-0.05, 0) is 129 Å². The van der Waals surface area contributed by atoms with Crippen molar-refractivity contribution in [1.29, 1.82) is 0 Å². The molecule has 3 aromatic rings. The van der Waals surface area contributed by atoms with E-state index in [0.29, 0.717) is 71.2 Å². The van der Waals surface area contributed by atoms with Crippen LogP contribution in [0.2, 0.25) is 0 Å². The maximum absolute atomic E-state index is 15.2. The van der Waals surface area contributed by atoms with E-state index in [1.807, 2.05) is 19.1 Å². The molecule has 3 heterocycles. The summed E-state index contributed by atoms with van der Waals surface area (Å²) in [5.74, 6) is -1.04. The third-order valence-corrected chi connectivity index (χ3v) is 16.9. The molecule has 4 aliphatic carbocycles. The largest absolute Gasteiger partial charge is 0.497 e. The lowest BCUT2D eigenvalue weighted by Gasteiger charge is -2.32. The number of fused-ring (bicyclic) bond motifs is 4. The summed E-state index contributed by atoms with van der Waals surface area (Å²) in [6.45, 7) is 6.24. The van der Waals surface area contributed by atoms with Crippen LogP contribution < -0.4 is 29.6 Å². The zero-order valence-corrected chi connectivity index (χ0v) is 38.9. The predicted octanol–water partition coefficient (Wildman–Crippen LogP) is 6.29. The smallest absolute Gasteiger partial charge is 0.407 e. The molecule has 5 fully saturated rings. The van der Waals surface area contributed by atoms with Crippen molar-refractivity contribution >= 4 is 44.6 Å². The van der Waals surface area contributed by atoms with E-state index in [4.69, 9.17) is 23.9 Å². The van der Waals surface area contributed by atoms with Crippen molar-refractivity contribution in [2.75, 3.05) is 27.3 Å². The maximum Gasteiger partial charge on any atom is 0.407 e. The summed E-state index contributed by atoms with van der Waals surface area (Å²) in [6.07, 6.45) is 7.17. The number of ether oxygens (including phenoxy) is 4. The number of nitrogens with zero attached hydrogens (tertiary/aromatic N) is 2. The van der Waals surface area contributed by atoms with Crippen molar-refractivity contribution in [3.63, 3.8) is 0 Å². The summed E-state index contributed by atoms with van der Waals surface area (Å²) < 4.78 is 66.6. The molecule has 2 aromatic carbocycles. The second kappa shape index (κ2) is 18.0. The number of pyridine rings is 1. The van der Waals surface area contributed by atoms with Crippen LogP contribution in [-0.2, 0) is 29.1 Å². The zero-order valence-electron chi connectivity index (χ0n) is 38.1. The Bertz CT molecular complexity index is 2540. The number of hydrogen-bond donors (Lipinski definition) is 3. The molecule has 354 valence electrons. The molecule has 4 amide bonds. The number of carbonyl (C=O) groups is 4. The van der Waals surface area contributed by atoms with Gasteiger partial charge in [0.1, 0.15) is 29.5 Å². The summed E-state index contributed by atoms with van der Waals surface area (Å²) in [6, 6.07) is 10.5. The fourth-order valence-corrected chi connectivity index (χ4v) is 12.2. The van der Waals surface area contributed by atoms with Crippen LogP contribution in [0.1, 0.15) is 78.6 Å². The third kappa shape index (κ3) is 9.28. The van der Waals surface area contributed by atoms with E-state index in [1.54, 1.807) is 37.4 Å². The van der Waals surface area contributed by atoms with Crippen molar-refractivity contribution in [2.45, 2.75) is 108 Å². The highest BCUT2D eigenvalue weighted by atomic mass is 32.2. The highest BCUT2D eigenvalue weighted by molar-refractivity contribution is 7.91. The summed E-state index contributed by atoms with van der Waals surface area (Å²) in [5, 5.41) is 6.46. The Labute approximate surface area is 385 Å². The fraction of sp³-hybridized carbons (Fsp3) is 0.571. The molecule has 1 aromatic heterocycles. The van der Waals surface area contributed by atoms with Gasteiger partial charge in [-0.25, -0.2) is 22.6 Å². The summed E-state index contributed by atoms with van der Waals surface area (Å²) >= 11 is 0. The molecule has 6 aliphatic rings. The quantitative estimate of drug-likeness (QED) is 0.183. The van der Waals surface area contributed by atoms with Crippen LogP contribution >= 0.6 is 0 Å². The first-order valence-electron chi connectivity index (χ1n) is 23.4. The van der Waals surface area contributed by atoms with E-state index in [-0.39, 0.29) is 61.4 Å². The van der Waals surface area contributed by atoms with Crippen LogP contribution in [0.5, 0.6) is 17.4 Å². The zero-order chi connectivity index (χ0) is 46.7. The number of aromatic nitrogens is 1. The molecule has 0 spiro atoms. The van der Waals surface area contributed by atoms with Gasteiger partial charge in [0.2, 0.25) is 27.7 Å². The molecule has 3 N–H and O–H groups in total. The fourth-order valence-electron chi connectivity index (χ4n) is 10.8. The average molecular weight is 930 g/mol. The minimum absolute atomic E-state index is 0.00766. The number of methoxy groups -OCH3 is 2. The van der Waals surface area contributed by atoms with Gasteiger partial charge in [0.05, 0.1) is 37.6 Å². The number of alkyl carbamates (subject to hydrolysis) is 1. The average Bonchev–Trinajstić information content (AvgIpc) is 4.24. The van der Waals surface area contributed by atoms with E-state index >= 15 is 9.18 Å².